The monoisotopic (exact) mass is 2030 g/mol. The van der Waals surface area contributed by atoms with E-state index >= 15 is 0 Å². The molecule has 0 aliphatic heterocycles. The minimum Gasteiger partial charge on any atom is -0.481 e. The number of aliphatic carboxylic acids is 12. The van der Waals surface area contributed by atoms with Crippen LogP contribution in [0.4, 0.5) is 13.2 Å². The van der Waals surface area contributed by atoms with Crippen LogP contribution >= 0.6 is 0 Å². The van der Waals surface area contributed by atoms with Gasteiger partial charge in [0.25, 0.3) is 0 Å². The molecule has 14 bridgehead atoms. The molecule has 0 amide bonds. The zero-order valence-electron chi connectivity index (χ0n) is 81.4. The number of hydrogen-bond donors (Lipinski definition) is 12. The number of alkyl halides is 3. The van der Waals surface area contributed by atoms with Crippen LogP contribution < -0.4 is 0 Å². The number of rotatable bonds is 33. The van der Waals surface area contributed by atoms with Crippen LogP contribution in [0, 0.1) is 135 Å². The summed E-state index contributed by atoms with van der Waals surface area (Å²) in [4.78, 5) is 205. The van der Waals surface area contributed by atoms with Crippen molar-refractivity contribution in [2.45, 2.75) is 195 Å². The SMILES string of the molecule is C=C(C)C(=O)OCC(=O)O.C=C(C)C(=O)OCCC(=O)O.C=C(C)C(=O)OCCCC(=O)O.C=C(C)C(=O)OCCOC(=O)C1C2CCC(C2)C1C(=O)O.C=C(C)C(=O)OCCOC(=O)C1CCCCC1C(=O)O.CC1(C(=O)O)CC2C=CC1C2.O=C(O)C1(C(F)(F)F)CC2C=CC1C2.O=C(O)C1=CC2C=CC1C2.O=C(O)C1CC2C=CC1C2.O=C(O)CC1(C(=O)O)CC2C=CC1C2.O=C(O)CC1CC2C=CC1C2. The van der Waals surface area contributed by atoms with Gasteiger partial charge in [0.2, 0.25) is 0 Å². The molecule has 8 saturated carbocycles. The lowest BCUT2D eigenvalue weighted by Crippen LogP contribution is -2.48. The van der Waals surface area contributed by atoms with Crippen molar-refractivity contribution in [3.8, 4) is 0 Å². The minimum atomic E-state index is -4.65. The first kappa shape index (κ1) is 121. The van der Waals surface area contributed by atoms with E-state index in [1.807, 2.05) is 31.2 Å². The van der Waals surface area contributed by atoms with E-state index in [0.717, 1.165) is 77.0 Å². The van der Waals surface area contributed by atoms with Gasteiger partial charge in [-0.1, -0.05) is 125 Å². The van der Waals surface area contributed by atoms with Crippen LogP contribution in [-0.4, -0.2) is 227 Å². The van der Waals surface area contributed by atoms with Gasteiger partial charge in [0.05, 0.1) is 59.9 Å². The maximum Gasteiger partial charge on any atom is 0.405 e. The van der Waals surface area contributed by atoms with Crippen LogP contribution in [0.2, 0.25) is 0 Å². The lowest BCUT2D eigenvalue weighted by atomic mass is 9.73. The van der Waals surface area contributed by atoms with Crippen molar-refractivity contribution in [2.24, 2.45) is 135 Å². The maximum atomic E-state index is 12.7. The first-order valence-electron chi connectivity index (χ1n) is 47.4. The van der Waals surface area contributed by atoms with E-state index in [2.05, 4.69) is 89.6 Å². The third kappa shape index (κ3) is 35.9. The van der Waals surface area contributed by atoms with Crippen molar-refractivity contribution < 1.29 is 199 Å². The van der Waals surface area contributed by atoms with Gasteiger partial charge in [-0.05, 0) is 228 Å². The van der Waals surface area contributed by atoms with Gasteiger partial charge >= 0.3 is 120 Å². The molecule has 8 fully saturated rings. The highest BCUT2D eigenvalue weighted by molar-refractivity contribution is 5.91. The molecule has 23 atom stereocenters. The molecule has 0 aromatic rings. The number of carboxylic acid groups (broad SMARTS) is 12. The minimum absolute atomic E-state index is 0.0173. The Bertz CT molecular complexity index is 5000. The first-order chi connectivity index (χ1) is 67.3. The Morgan fingerprint density at radius 2 is 0.826 bits per heavy atom. The van der Waals surface area contributed by atoms with Crippen LogP contribution in [0.5, 0.6) is 0 Å². The van der Waals surface area contributed by atoms with Crippen molar-refractivity contribution in [1.82, 2.24) is 0 Å². The summed E-state index contributed by atoms with van der Waals surface area (Å²) >= 11 is 0. The highest BCUT2D eigenvalue weighted by Gasteiger charge is 2.69. The molecule has 12 N–H and O–H groups in total. The fourth-order valence-corrected chi connectivity index (χ4v) is 20.5. The predicted octanol–water partition coefficient (Wildman–Crippen LogP) is 13.9. The quantitative estimate of drug-likeness (QED) is 0.00954. The Balaban J connectivity index is 0.000000282. The molecule has 0 aromatic heterocycles. The Morgan fingerprint density at radius 3 is 1.16 bits per heavy atom. The molecule has 38 nitrogen and oxygen atoms in total. The van der Waals surface area contributed by atoms with E-state index in [9.17, 15) is 109 Å². The molecule has 0 saturated heterocycles. The molecule has 0 heterocycles. The molecule has 15 rings (SSSR count). The lowest BCUT2D eigenvalue weighted by molar-refractivity contribution is -0.238. The zero-order chi connectivity index (χ0) is 108. The summed E-state index contributed by atoms with van der Waals surface area (Å²) in [6.45, 7) is 25.5. The van der Waals surface area contributed by atoms with E-state index in [1.54, 1.807) is 13.0 Å². The van der Waals surface area contributed by atoms with Crippen LogP contribution in [-0.2, 0) is 124 Å². The van der Waals surface area contributed by atoms with Gasteiger partial charge in [-0.15, -0.1) is 0 Å². The van der Waals surface area contributed by atoms with Gasteiger partial charge in [0, 0.05) is 58.1 Å². The summed E-state index contributed by atoms with van der Waals surface area (Å²) in [5.41, 5.74) is -2.08. The van der Waals surface area contributed by atoms with Crippen LogP contribution in [0.3, 0.4) is 0 Å². The van der Waals surface area contributed by atoms with E-state index in [4.69, 9.17) is 75.1 Å². The normalized spacial score (nSPS) is 29.1. The van der Waals surface area contributed by atoms with Crippen molar-refractivity contribution in [1.29, 1.82) is 0 Å². The molecule has 41 heteroatoms. The largest absolute Gasteiger partial charge is 0.481 e. The third-order valence-electron chi connectivity index (χ3n) is 27.8. The number of fused-ring (bicyclic) bond motifs is 14. The second-order valence-corrected chi connectivity index (χ2v) is 38.7. The maximum absolute atomic E-state index is 12.7. The van der Waals surface area contributed by atoms with E-state index in [1.165, 1.54) is 40.2 Å². The standard InChI is InChI=1S/C15H20O6.C14H20O6.C10H12O4.C9H9F3O2.2C9H12O2.C8H12O4.C8H10O2.C8H8O2.C7H10O4.C6H8O4/c1-8(2)14(18)20-5-6-21-15(19)12-10-4-3-9(7-10)11(12)13(16)17;1-9(2)13(17)19-7-8-20-14(18)11-6-4-3-5-10(11)12(15)16;11-8(12)5-10(9(13)14)4-6-1-2-7(10)3-6;10-9(11,12)8(7(13)14)4-5-1-2-6(8)3-5;1-9(8(10)11)5-6-2-3-7(9)4-6;10-9(11)5-8-4-6-1-2-7(8)3-6;1-6(2)8(11)12-5-3-4-7(9)10;2*9-8(10)7-4-5-1-2-6(7)3-5;1-5(2)7(10)11-4-3-6(8)9;1-4(2)6(9)10-3-5(7)8/h9-12H,1,3-7H2,2H3,(H,16,17);10-11H,1,3-8H2,2H3,(H,15,16);1-2,6-7H,3-5H2,(H,11,12)(H,13,14);1-2,5-6H,3-4H2,(H,13,14);2-3,6-7H,4-5H2,1H3,(H,10,11);1-2,6-8H,3-5H2,(H,10,11);1,3-5H2,2H3,(H,9,10);1-2,5-7H,3-4H2,(H,9,10);1-2,4-6H,3H2,(H,9,10);1,3-4H2,2H3,(H,8,9);1,3H2,2H3,(H,7,8). The number of hydrogen-bond acceptors (Lipinski definition) is 26. The number of ether oxygens (including phenoxy) is 7. The third-order valence-corrected chi connectivity index (χ3v) is 27.8. The molecule has 0 aromatic carbocycles. The van der Waals surface area contributed by atoms with Crippen LogP contribution in [0.1, 0.15) is 189 Å². The summed E-state index contributed by atoms with van der Waals surface area (Å²) in [5.74, 6) is -14.2. The number of carbonyl (C=O) groups excluding carboxylic acids is 7. The smallest absolute Gasteiger partial charge is 0.405 e. The van der Waals surface area contributed by atoms with Gasteiger partial charge in [-0.2, -0.15) is 13.2 Å². The number of esters is 7. The van der Waals surface area contributed by atoms with E-state index in [0.29, 0.717) is 97.0 Å². The van der Waals surface area contributed by atoms with Gasteiger partial charge < -0.3 is 94.4 Å². The molecular formula is C103H133F3O38. The Kier molecular flexibility index (Phi) is 47.1. The summed E-state index contributed by atoms with van der Waals surface area (Å²) in [6.07, 6.45) is 35.1. The fraction of sp³-hybridized carbons (Fsp3) is 0.583. The molecule has 794 valence electrons. The van der Waals surface area contributed by atoms with Crippen molar-refractivity contribution in [3.63, 3.8) is 0 Å². The average molecular weight is 2040 g/mol. The second-order valence-electron chi connectivity index (χ2n) is 38.7. The Labute approximate surface area is 830 Å². The molecule has 15 aliphatic carbocycles. The average Bonchev–Trinajstić information content (AvgIpc) is 1.57. The summed E-state index contributed by atoms with van der Waals surface area (Å²) < 4.78 is 71.2. The lowest BCUT2D eigenvalue weighted by Gasteiger charge is -2.32. The van der Waals surface area contributed by atoms with Crippen molar-refractivity contribution in [3.05, 3.63) is 145 Å². The number of carbonyl (C=O) groups is 19. The first-order valence-corrected chi connectivity index (χ1v) is 47.4. The predicted molar refractivity (Wildman–Crippen MR) is 500 cm³/mol. The topological polar surface area (TPSA) is 632 Å². The molecular weight excluding hydrogens is 1900 g/mol. The Hall–Kier alpha value is -13.4. The van der Waals surface area contributed by atoms with Gasteiger partial charge in [0.15, 0.2) is 12.0 Å². The molecule has 0 spiro atoms. The van der Waals surface area contributed by atoms with Gasteiger partial charge in [0.1, 0.15) is 33.0 Å². The van der Waals surface area contributed by atoms with E-state index < -0.39 is 172 Å². The molecule has 23 unspecified atom stereocenters. The molecule has 15 aliphatic rings. The number of carboxylic acids is 12. The molecule has 0 radical (unpaired) electrons. The number of halogens is 3. The summed E-state index contributed by atoms with van der Waals surface area (Å²) in [5, 5.41) is 104. The highest BCUT2D eigenvalue weighted by atomic mass is 19.4. The Morgan fingerprint density at radius 1 is 0.375 bits per heavy atom. The van der Waals surface area contributed by atoms with Crippen molar-refractivity contribution in [2.75, 3.05) is 46.2 Å². The van der Waals surface area contributed by atoms with Crippen LogP contribution in [0.15, 0.2) is 145 Å². The van der Waals surface area contributed by atoms with Gasteiger partial charge in [-0.25, -0.2) is 33.6 Å². The number of allylic oxidation sites excluding steroid dienone is 13. The summed E-state index contributed by atoms with van der Waals surface area (Å²) in [6, 6.07) is 0. The summed E-state index contributed by atoms with van der Waals surface area (Å²) in [7, 11) is 0. The van der Waals surface area contributed by atoms with Crippen molar-refractivity contribution >= 4 is 113 Å². The zero-order valence-corrected chi connectivity index (χ0v) is 81.4. The highest BCUT2D eigenvalue weighted by Crippen LogP contribution is 2.61. The van der Waals surface area contributed by atoms with Gasteiger partial charge in [-0.3, -0.25) is 57.5 Å². The van der Waals surface area contributed by atoms with Crippen LogP contribution in [0.25, 0.3) is 0 Å². The fourth-order valence-electron chi connectivity index (χ4n) is 20.5. The van der Waals surface area contributed by atoms with E-state index in [-0.39, 0.29) is 129 Å². The second kappa shape index (κ2) is 56.0. The molecule has 144 heavy (non-hydrogen) atoms.